The van der Waals surface area contributed by atoms with Crippen LogP contribution in [0.3, 0.4) is 0 Å². The summed E-state index contributed by atoms with van der Waals surface area (Å²) in [6, 6.07) is 42.0. The molecule has 4 heterocycles. The van der Waals surface area contributed by atoms with Crippen LogP contribution < -0.4 is 4.72 Å². The van der Waals surface area contributed by atoms with Gasteiger partial charge in [-0.25, -0.2) is 40.7 Å². The largest absolute Gasteiger partial charge is 0.478 e. The second-order valence-corrected chi connectivity index (χ2v) is 28.6. The van der Waals surface area contributed by atoms with Crippen molar-refractivity contribution in [3.8, 4) is 45.6 Å². The van der Waals surface area contributed by atoms with E-state index in [2.05, 4.69) is 61.6 Å². The molecule has 8 aromatic carbocycles. The Morgan fingerprint density at radius 3 is 0.929 bits per heavy atom. The van der Waals surface area contributed by atoms with Crippen LogP contribution in [0.2, 0.25) is 0 Å². The highest BCUT2D eigenvalue weighted by Gasteiger charge is 2.32. The number of rotatable bonds is 21. The van der Waals surface area contributed by atoms with Crippen molar-refractivity contribution in [3.05, 3.63) is 259 Å². The molecule has 0 unspecified atom stereocenters. The van der Waals surface area contributed by atoms with Gasteiger partial charge < -0.3 is 19.7 Å². The molecule has 0 bridgehead atoms. The molecule has 1 amide bonds. The number of Topliss-reactive ketones (excluding diaryl/α,β-unsaturated/α-hetero) is 1. The number of sulfone groups is 1. The molecule has 12 rings (SSSR count). The van der Waals surface area contributed by atoms with Gasteiger partial charge in [0.1, 0.15) is 5.75 Å². The SMILES string of the molecule is COC(=O)c1ccc(Cc2ccc(C(=O)CS(C)(=O)=O)cc2)c(-c2nnn(C)n2)c1.COC(=O)c1ccc(Cc2ccc(C(=O)O)cc2)c(-c2nnn(C)n2)c1.Cn1nnc(-c2cc(C(=O)NS(C)(=O)=O)ccc2Cc2ccc(C(F)(F)F)cc2)n1.Cn1nnc(-c2cc(C(=O)O)ccc2Cc2ccc(C(F)(F)F)cc2)n1. The van der Waals surface area contributed by atoms with Gasteiger partial charge in [0.15, 0.2) is 15.6 Å². The number of methoxy groups -OCH3 is 2. The third kappa shape index (κ3) is 22.8. The molecule has 0 aliphatic carbocycles. The van der Waals surface area contributed by atoms with Crippen LogP contribution in [0, 0.1) is 0 Å². The number of ketones is 1. The number of carbonyl (C=O) groups excluding carboxylic acids is 4. The number of halogens is 6. The minimum Gasteiger partial charge on any atom is -0.478 e. The quantitative estimate of drug-likeness (QED) is 0.0343. The fourth-order valence-electron chi connectivity index (χ4n) is 10.7. The lowest BCUT2D eigenvalue weighted by atomic mass is 9.96. The van der Waals surface area contributed by atoms with Crippen LogP contribution in [0.1, 0.15) is 118 Å². The van der Waals surface area contributed by atoms with Gasteiger partial charge in [-0.05, 0) is 176 Å². The number of alkyl halides is 6. The number of aromatic carboxylic acids is 2. The predicted octanol–water partition coefficient (Wildman–Crippen LogP) is 8.80. The van der Waals surface area contributed by atoms with Crippen molar-refractivity contribution in [1.29, 1.82) is 0 Å². The first-order valence-corrected chi connectivity index (χ1v) is 36.6. The van der Waals surface area contributed by atoms with Crippen LogP contribution in [0.25, 0.3) is 45.6 Å². The number of carboxylic acid groups (broad SMARTS) is 2. The summed E-state index contributed by atoms with van der Waals surface area (Å²) in [4.78, 5) is 75.3. The number of aryl methyl sites for hydroxylation is 4. The van der Waals surface area contributed by atoms with Crippen molar-refractivity contribution >= 4 is 55.4 Å². The van der Waals surface area contributed by atoms with E-state index in [0.29, 0.717) is 92.1 Å². The van der Waals surface area contributed by atoms with E-state index in [9.17, 15) is 77.1 Å². The van der Waals surface area contributed by atoms with Crippen LogP contribution in [-0.2, 0) is 95.6 Å². The number of benzene rings is 8. The molecule has 580 valence electrons. The molecule has 112 heavy (non-hydrogen) atoms. The number of sulfonamides is 1. The van der Waals surface area contributed by atoms with E-state index >= 15 is 0 Å². The first-order valence-electron chi connectivity index (χ1n) is 32.7. The second kappa shape index (κ2) is 35.3. The Balaban J connectivity index is 0.000000172. The molecule has 0 aliphatic rings. The van der Waals surface area contributed by atoms with Gasteiger partial charge in [-0.1, -0.05) is 84.9 Å². The molecule has 0 spiro atoms. The summed E-state index contributed by atoms with van der Waals surface area (Å²) >= 11 is 0. The van der Waals surface area contributed by atoms with Crippen LogP contribution in [-0.4, -0.2) is 176 Å². The number of nitrogens with one attached hydrogen (secondary N) is 1. The first kappa shape index (κ1) is 82.6. The predicted molar refractivity (Wildman–Crippen MR) is 387 cm³/mol. The van der Waals surface area contributed by atoms with Crippen molar-refractivity contribution in [2.45, 2.75) is 38.0 Å². The highest BCUT2D eigenvalue weighted by atomic mass is 32.2. The van der Waals surface area contributed by atoms with Crippen LogP contribution >= 0.6 is 0 Å². The molecule has 0 fully saturated rings. The summed E-state index contributed by atoms with van der Waals surface area (Å²) in [7, 11) is 1.91. The van der Waals surface area contributed by atoms with Crippen molar-refractivity contribution in [1.82, 2.24) is 85.6 Å². The maximum Gasteiger partial charge on any atom is 0.416 e. The molecule has 0 saturated carbocycles. The van der Waals surface area contributed by atoms with Gasteiger partial charge in [-0.2, -0.15) is 45.5 Å². The van der Waals surface area contributed by atoms with Gasteiger partial charge in [-0.3, -0.25) is 9.59 Å². The standard InChI is InChI=1S/C20H20N4O5S.C18H16F3N5O3S.C18H16N4O4.C17H13F3N4O2/c1-24-22-19(21-23-24)17-11-16(20(26)29-2)9-8-15(17)10-13-4-6-14(7-5-13)18(25)12-30(3,27)28;1-26-23-16(22-25-26)15-10-13(17(27)24-30(2,28)29)6-5-12(15)9-11-3-7-14(8-4-11)18(19,20)21;1-22-20-16(19-21-22)15-10-14(18(25)26-2)8-7-13(15)9-11-3-5-12(6-4-11)17(23)24;1-24-22-15(21-23-24)14-9-12(16(25)26)5-4-11(14)8-10-2-6-13(7-3-10)17(18,19)20/h4-9,11H,10,12H2,1-3H3;3-8,10H,9H2,1-2H3,(H,24,27);3-8,10H,9H2,1-2H3,(H,23,24);2-7,9H,8H2,1H3,(H,25,26). The molecule has 31 nitrogen and oxygen atoms in total. The third-order valence-corrected chi connectivity index (χ3v) is 17.4. The molecule has 3 N–H and O–H groups in total. The Morgan fingerprint density at radius 1 is 0.393 bits per heavy atom. The molecular weight excluding hydrogens is 1520 g/mol. The van der Waals surface area contributed by atoms with Crippen molar-refractivity contribution < 1.29 is 91.6 Å². The van der Waals surface area contributed by atoms with Gasteiger partial charge in [0.25, 0.3) is 5.91 Å². The highest BCUT2D eigenvalue weighted by Crippen LogP contribution is 2.34. The molecule has 0 radical (unpaired) electrons. The van der Waals surface area contributed by atoms with Gasteiger partial charge in [0.2, 0.25) is 33.3 Å². The van der Waals surface area contributed by atoms with Crippen LogP contribution in [0.4, 0.5) is 26.3 Å². The maximum atomic E-state index is 12.8. The number of hydrogen-bond acceptors (Lipinski definition) is 24. The minimum atomic E-state index is -4.43. The topological polar surface area (TPSA) is 416 Å². The Labute approximate surface area is 632 Å². The lowest BCUT2D eigenvalue weighted by Crippen LogP contribution is -2.29. The van der Waals surface area contributed by atoms with E-state index < -0.39 is 84.7 Å². The Morgan fingerprint density at radius 2 is 0.661 bits per heavy atom. The highest BCUT2D eigenvalue weighted by molar-refractivity contribution is 7.91. The number of amides is 1. The first-order chi connectivity index (χ1) is 52.8. The monoisotopic (exact) mass is 1580 g/mol. The number of carbonyl (C=O) groups is 6. The number of hydrogen-bond donors (Lipinski definition) is 3. The van der Waals surface area contributed by atoms with E-state index in [4.69, 9.17) is 14.6 Å². The number of nitrogens with zero attached hydrogens (tertiary/aromatic N) is 16. The number of esters is 2. The third-order valence-electron chi connectivity index (χ3n) is 16.1. The minimum absolute atomic E-state index is 0.0547. The lowest BCUT2D eigenvalue weighted by molar-refractivity contribution is -0.138. The normalized spacial score (nSPS) is 11.4. The fourth-order valence-corrected chi connectivity index (χ4v) is 11.8. The zero-order valence-electron chi connectivity index (χ0n) is 60.2. The van der Waals surface area contributed by atoms with E-state index in [1.165, 1.54) is 81.9 Å². The van der Waals surface area contributed by atoms with E-state index in [0.717, 1.165) is 59.0 Å². The molecular formula is C73H65F6N17O14S2. The van der Waals surface area contributed by atoms with Gasteiger partial charge in [-0.15, -0.1) is 40.8 Å². The average Bonchev–Trinajstić information content (AvgIpc) is 1.49. The maximum absolute atomic E-state index is 12.8. The summed E-state index contributed by atoms with van der Waals surface area (Å²) in [5.41, 5.74) is 8.24. The van der Waals surface area contributed by atoms with Crippen molar-refractivity contribution in [2.75, 3.05) is 32.5 Å². The Kier molecular flexibility index (Phi) is 26.0. The number of tetrazole rings is 4. The number of ether oxygens (including phenoxy) is 2. The van der Waals surface area contributed by atoms with Gasteiger partial charge in [0, 0.05) is 39.6 Å². The van der Waals surface area contributed by atoms with Crippen LogP contribution in [0.5, 0.6) is 0 Å². The molecule has 12 aromatic rings. The Bertz CT molecular complexity index is 5700. The summed E-state index contributed by atoms with van der Waals surface area (Å²) in [6.45, 7) is 0. The smallest absolute Gasteiger partial charge is 0.416 e. The second-order valence-electron chi connectivity index (χ2n) is 24.7. The molecule has 0 atom stereocenters. The molecule has 4 aromatic heterocycles. The van der Waals surface area contributed by atoms with E-state index in [1.54, 1.807) is 119 Å². The van der Waals surface area contributed by atoms with Crippen molar-refractivity contribution in [3.63, 3.8) is 0 Å². The fraction of sp³-hybridized carbons (Fsp3) is 0.205. The van der Waals surface area contributed by atoms with E-state index in [1.807, 2.05) is 10.8 Å². The summed E-state index contributed by atoms with van der Waals surface area (Å²) < 4.78 is 133. The molecule has 0 aliphatic heterocycles. The zero-order chi connectivity index (χ0) is 81.6. The Hall–Kier alpha value is -13.5. The lowest BCUT2D eigenvalue weighted by Gasteiger charge is -2.11. The number of aromatic nitrogens is 16. The van der Waals surface area contributed by atoms with Crippen LogP contribution in [0.15, 0.2) is 170 Å². The number of carboxylic acids is 2. The summed E-state index contributed by atoms with van der Waals surface area (Å²) in [6.07, 6.45) is -5.40. The average molecular weight is 1580 g/mol. The molecule has 39 heteroatoms. The van der Waals surface area contributed by atoms with Gasteiger partial charge in [0.05, 0.1) is 82.0 Å². The van der Waals surface area contributed by atoms with Gasteiger partial charge >= 0.3 is 36.2 Å². The van der Waals surface area contributed by atoms with E-state index in [-0.39, 0.29) is 34.8 Å². The molecule has 0 saturated heterocycles. The summed E-state index contributed by atoms with van der Waals surface area (Å²) in [5, 5.41) is 65.8. The summed E-state index contributed by atoms with van der Waals surface area (Å²) in [5.74, 6) is -3.59. The zero-order valence-corrected chi connectivity index (χ0v) is 61.9. The van der Waals surface area contributed by atoms with Crippen molar-refractivity contribution in [2.24, 2.45) is 28.2 Å².